The van der Waals surface area contributed by atoms with Crippen LogP contribution in [0.3, 0.4) is 0 Å². The summed E-state index contributed by atoms with van der Waals surface area (Å²) >= 11 is 1.85. The molecule has 3 heteroatoms. The topological polar surface area (TPSA) is 20.3 Å². The van der Waals surface area contributed by atoms with E-state index in [1.165, 1.54) is 6.42 Å². The minimum atomic E-state index is 0.267. The maximum Gasteiger partial charge on any atom is 0.225 e. The van der Waals surface area contributed by atoms with Gasteiger partial charge in [0.2, 0.25) is 5.91 Å². The second kappa shape index (κ2) is 5.53. The molecule has 0 aromatic carbocycles. The van der Waals surface area contributed by atoms with E-state index in [9.17, 15) is 4.79 Å². The standard InChI is InChI=1S/C10H19NOS/c1-9-5-3-6-11(10(9)12)7-4-8-13-2/h9H,3-8H2,1-2H3. The monoisotopic (exact) mass is 201 g/mol. The Labute approximate surface area is 85.1 Å². The molecule has 1 amide bonds. The van der Waals surface area contributed by atoms with Crippen LogP contribution in [0.2, 0.25) is 0 Å². The second-order valence-electron chi connectivity index (χ2n) is 3.71. The fraction of sp³-hybridized carbons (Fsp3) is 0.900. The van der Waals surface area contributed by atoms with Crippen LogP contribution in [0.15, 0.2) is 0 Å². The van der Waals surface area contributed by atoms with Crippen molar-refractivity contribution in [2.45, 2.75) is 26.2 Å². The van der Waals surface area contributed by atoms with Gasteiger partial charge in [0, 0.05) is 19.0 Å². The molecule has 0 saturated carbocycles. The van der Waals surface area contributed by atoms with Crippen molar-refractivity contribution in [3.05, 3.63) is 0 Å². The maximum atomic E-state index is 11.6. The van der Waals surface area contributed by atoms with Gasteiger partial charge in [-0.15, -0.1) is 0 Å². The smallest absolute Gasteiger partial charge is 0.225 e. The number of nitrogens with zero attached hydrogens (tertiary/aromatic N) is 1. The van der Waals surface area contributed by atoms with Gasteiger partial charge in [0.25, 0.3) is 0 Å². The Kier molecular flexibility index (Phi) is 4.64. The largest absolute Gasteiger partial charge is 0.342 e. The number of likely N-dealkylation sites (tertiary alicyclic amines) is 1. The minimum Gasteiger partial charge on any atom is -0.342 e. The summed E-state index contributed by atoms with van der Waals surface area (Å²) in [5.74, 6) is 1.80. The highest BCUT2D eigenvalue weighted by atomic mass is 32.2. The fourth-order valence-electron chi connectivity index (χ4n) is 1.76. The minimum absolute atomic E-state index is 0.267. The van der Waals surface area contributed by atoms with Crippen molar-refractivity contribution in [1.82, 2.24) is 4.90 Å². The van der Waals surface area contributed by atoms with Gasteiger partial charge in [-0.05, 0) is 31.3 Å². The van der Waals surface area contributed by atoms with Crippen LogP contribution in [0.1, 0.15) is 26.2 Å². The van der Waals surface area contributed by atoms with Crippen molar-refractivity contribution >= 4 is 17.7 Å². The van der Waals surface area contributed by atoms with E-state index in [0.29, 0.717) is 5.91 Å². The zero-order chi connectivity index (χ0) is 9.68. The Morgan fingerprint density at radius 3 is 3.08 bits per heavy atom. The highest BCUT2D eigenvalue weighted by Gasteiger charge is 2.23. The number of hydrogen-bond donors (Lipinski definition) is 0. The summed E-state index contributed by atoms with van der Waals surface area (Å²) in [5, 5.41) is 0. The Hall–Kier alpha value is -0.180. The molecule has 0 spiro atoms. The number of amides is 1. The van der Waals surface area contributed by atoms with Gasteiger partial charge in [0.05, 0.1) is 0 Å². The number of carbonyl (C=O) groups is 1. The van der Waals surface area contributed by atoms with Gasteiger partial charge in [-0.2, -0.15) is 11.8 Å². The van der Waals surface area contributed by atoms with E-state index >= 15 is 0 Å². The average Bonchev–Trinajstić information content (AvgIpc) is 2.13. The van der Waals surface area contributed by atoms with E-state index in [2.05, 4.69) is 6.26 Å². The van der Waals surface area contributed by atoms with Gasteiger partial charge in [-0.25, -0.2) is 0 Å². The van der Waals surface area contributed by atoms with Gasteiger partial charge in [-0.1, -0.05) is 6.92 Å². The molecule has 0 aromatic heterocycles. The normalized spacial score (nSPS) is 23.7. The zero-order valence-corrected chi connectivity index (χ0v) is 9.40. The maximum absolute atomic E-state index is 11.6. The molecule has 1 saturated heterocycles. The molecule has 0 N–H and O–H groups in total. The van der Waals surface area contributed by atoms with Crippen molar-refractivity contribution < 1.29 is 4.79 Å². The molecule has 13 heavy (non-hydrogen) atoms. The molecule has 0 aromatic rings. The summed E-state index contributed by atoms with van der Waals surface area (Å²) in [6.45, 7) is 3.99. The molecule has 1 aliphatic rings. The molecular formula is C10H19NOS. The summed E-state index contributed by atoms with van der Waals surface area (Å²) in [7, 11) is 0. The van der Waals surface area contributed by atoms with Gasteiger partial charge in [0.15, 0.2) is 0 Å². The van der Waals surface area contributed by atoms with Crippen molar-refractivity contribution in [2.24, 2.45) is 5.92 Å². The molecule has 1 rings (SSSR count). The molecule has 1 aliphatic heterocycles. The summed E-state index contributed by atoms with van der Waals surface area (Å²) in [4.78, 5) is 13.7. The summed E-state index contributed by atoms with van der Waals surface area (Å²) in [6, 6.07) is 0. The number of carbonyl (C=O) groups excluding carboxylic acids is 1. The van der Waals surface area contributed by atoms with Crippen LogP contribution < -0.4 is 0 Å². The van der Waals surface area contributed by atoms with Gasteiger partial charge < -0.3 is 4.90 Å². The fourth-order valence-corrected chi connectivity index (χ4v) is 2.17. The van der Waals surface area contributed by atoms with E-state index < -0.39 is 0 Å². The van der Waals surface area contributed by atoms with Crippen LogP contribution in [0.5, 0.6) is 0 Å². The van der Waals surface area contributed by atoms with Crippen LogP contribution in [0.4, 0.5) is 0 Å². The zero-order valence-electron chi connectivity index (χ0n) is 8.58. The van der Waals surface area contributed by atoms with Crippen LogP contribution >= 0.6 is 11.8 Å². The molecule has 0 radical (unpaired) electrons. The third-order valence-corrected chi connectivity index (χ3v) is 3.27. The second-order valence-corrected chi connectivity index (χ2v) is 4.70. The first kappa shape index (κ1) is 10.9. The highest BCUT2D eigenvalue weighted by Crippen LogP contribution is 2.17. The SMILES string of the molecule is CSCCCN1CCCC(C)C1=O. The molecule has 76 valence electrons. The van der Waals surface area contributed by atoms with Gasteiger partial charge in [0.1, 0.15) is 0 Å². The first-order chi connectivity index (χ1) is 6.25. The van der Waals surface area contributed by atoms with Crippen LogP contribution in [0, 0.1) is 5.92 Å². The van der Waals surface area contributed by atoms with E-state index in [0.717, 1.165) is 31.7 Å². The summed E-state index contributed by atoms with van der Waals surface area (Å²) in [6.07, 6.45) is 5.52. The predicted molar refractivity (Wildman–Crippen MR) is 58.0 cm³/mol. The number of piperidine rings is 1. The third-order valence-electron chi connectivity index (χ3n) is 2.57. The molecular weight excluding hydrogens is 182 g/mol. The van der Waals surface area contributed by atoms with Crippen LogP contribution in [-0.4, -0.2) is 35.9 Å². The summed E-state index contributed by atoms with van der Waals surface area (Å²) < 4.78 is 0. The van der Waals surface area contributed by atoms with Crippen molar-refractivity contribution in [1.29, 1.82) is 0 Å². The molecule has 1 atom stereocenters. The Bertz CT molecular complexity index is 172. The first-order valence-electron chi connectivity index (χ1n) is 5.03. The molecule has 1 heterocycles. The van der Waals surface area contributed by atoms with E-state index in [1.54, 1.807) is 0 Å². The third kappa shape index (κ3) is 3.22. The van der Waals surface area contributed by atoms with E-state index in [4.69, 9.17) is 0 Å². The van der Waals surface area contributed by atoms with Crippen LogP contribution in [0.25, 0.3) is 0 Å². The van der Waals surface area contributed by atoms with Crippen molar-refractivity contribution in [2.75, 3.05) is 25.1 Å². The predicted octanol–water partition coefficient (Wildman–Crippen LogP) is 2.00. The molecule has 0 aliphatic carbocycles. The Morgan fingerprint density at radius 2 is 2.38 bits per heavy atom. The molecule has 1 unspecified atom stereocenters. The molecule has 1 fully saturated rings. The van der Waals surface area contributed by atoms with Gasteiger partial charge >= 0.3 is 0 Å². The van der Waals surface area contributed by atoms with Crippen LogP contribution in [-0.2, 0) is 4.79 Å². The lowest BCUT2D eigenvalue weighted by molar-refractivity contribution is -0.137. The Morgan fingerprint density at radius 1 is 1.62 bits per heavy atom. The molecule has 0 bridgehead atoms. The lowest BCUT2D eigenvalue weighted by Gasteiger charge is -2.30. The average molecular weight is 201 g/mol. The number of rotatable bonds is 4. The van der Waals surface area contributed by atoms with Crippen molar-refractivity contribution in [3.8, 4) is 0 Å². The van der Waals surface area contributed by atoms with Crippen molar-refractivity contribution in [3.63, 3.8) is 0 Å². The lowest BCUT2D eigenvalue weighted by atomic mass is 9.99. The Balaban J connectivity index is 2.27. The molecule has 2 nitrogen and oxygen atoms in total. The van der Waals surface area contributed by atoms with E-state index in [-0.39, 0.29) is 5.92 Å². The first-order valence-corrected chi connectivity index (χ1v) is 6.43. The summed E-state index contributed by atoms with van der Waals surface area (Å²) in [5.41, 5.74) is 0. The van der Waals surface area contributed by atoms with Gasteiger partial charge in [-0.3, -0.25) is 4.79 Å². The number of thioether (sulfide) groups is 1. The quantitative estimate of drug-likeness (QED) is 0.648. The van der Waals surface area contributed by atoms with E-state index in [1.807, 2.05) is 23.6 Å². The number of hydrogen-bond acceptors (Lipinski definition) is 2. The highest BCUT2D eigenvalue weighted by molar-refractivity contribution is 7.98. The lowest BCUT2D eigenvalue weighted by Crippen LogP contribution is -2.40.